The predicted octanol–water partition coefficient (Wildman–Crippen LogP) is 4.54. The molecule has 0 spiro atoms. The lowest BCUT2D eigenvalue weighted by molar-refractivity contribution is 0.0985. The number of carbonyl (C=O) groups is 1. The number of para-hydroxylation sites is 1. The fraction of sp³-hybridized carbons (Fsp3) is 0.296. The van der Waals surface area contributed by atoms with Crippen molar-refractivity contribution in [3.05, 3.63) is 78.1 Å². The highest BCUT2D eigenvalue weighted by Gasteiger charge is 2.26. The van der Waals surface area contributed by atoms with E-state index < -0.39 is 10.0 Å². The van der Waals surface area contributed by atoms with Crippen LogP contribution >= 0.6 is 23.1 Å². The largest absolute Gasteiger partial charge is 0.383 e. The number of sulfonamides is 1. The van der Waals surface area contributed by atoms with Gasteiger partial charge in [-0.25, -0.2) is 13.4 Å². The molecule has 2 aromatic heterocycles. The first kappa shape index (κ1) is 29.1. The zero-order valence-corrected chi connectivity index (χ0v) is 24.4. The summed E-state index contributed by atoms with van der Waals surface area (Å²) in [6, 6.07) is 15.7. The topological polar surface area (TPSA) is 102 Å². The molecule has 0 fully saturated rings. The lowest BCUT2D eigenvalue weighted by Gasteiger charge is -2.22. The molecule has 0 unspecified atom stereocenters. The second kappa shape index (κ2) is 13.5. The second-order valence-electron chi connectivity index (χ2n) is 8.47. The summed E-state index contributed by atoms with van der Waals surface area (Å²) in [7, 11) is -0.767. The lowest BCUT2D eigenvalue weighted by atomic mass is 10.2. The smallest absolute Gasteiger partial charge is 0.260 e. The van der Waals surface area contributed by atoms with Crippen molar-refractivity contribution in [1.29, 1.82) is 0 Å². The average Bonchev–Trinajstić information content (AvgIpc) is 3.40. The molecule has 0 N–H and O–H groups in total. The van der Waals surface area contributed by atoms with Gasteiger partial charge in [0.05, 0.1) is 34.9 Å². The number of aromatic nitrogens is 2. The third-order valence-corrected chi connectivity index (χ3v) is 9.68. The fourth-order valence-corrected chi connectivity index (χ4v) is 6.93. The van der Waals surface area contributed by atoms with Crippen LogP contribution < -0.4 is 4.90 Å². The number of fused-ring (bicyclic) bond motifs is 1. The summed E-state index contributed by atoms with van der Waals surface area (Å²) < 4.78 is 39.0. The number of rotatable bonds is 13. The van der Waals surface area contributed by atoms with Gasteiger partial charge >= 0.3 is 0 Å². The number of thioether (sulfide) groups is 1. The van der Waals surface area contributed by atoms with Gasteiger partial charge in [0.25, 0.3) is 5.91 Å². The van der Waals surface area contributed by atoms with Gasteiger partial charge in [-0.2, -0.15) is 4.31 Å². The Bertz CT molecular complexity index is 1490. The van der Waals surface area contributed by atoms with E-state index >= 15 is 0 Å². The average molecular weight is 587 g/mol. The first-order valence-corrected chi connectivity index (χ1v) is 15.6. The molecular formula is C27H30N4O5S3. The number of pyridine rings is 1. The Morgan fingerprint density at radius 2 is 1.72 bits per heavy atom. The number of hydrogen-bond donors (Lipinski definition) is 0. The molecule has 0 bridgehead atoms. The van der Waals surface area contributed by atoms with Crippen LogP contribution in [0.1, 0.15) is 15.9 Å². The molecule has 0 saturated heterocycles. The summed E-state index contributed by atoms with van der Waals surface area (Å²) in [6.07, 6.45) is 5.39. The van der Waals surface area contributed by atoms with Gasteiger partial charge in [-0.1, -0.05) is 23.5 Å². The van der Waals surface area contributed by atoms with Gasteiger partial charge in [0.1, 0.15) is 0 Å². The number of carbonyl (C=O) groups excluding carboxylic acids is 1. The SMILES string of the molecule is COCCN(CCOC)S(=O)(=O)c1ccc(C(=O)N(Cc2cccnc2)c2nc3c(SC)cccc3s2)cc1. The summed E-state index contributed by atoms with van der Waals surface area (Å²) in [4.78, 5) is 25.6. The van der Waals surface area contributed by atoms with Gasteiger partial charge in [-0.05, 0) is 54.3 Å². The van der Waals surface area contributed by atoms with Crippen LogP contribution in [0.2, 0.25) is 0 Å². The first-order valence-electron chi connectivity index (χ1n) is 12.1. The summed E-state index contributed by atoms with van der Waals surface area (Å²) in [5.41, 5.74) is 2.05. The van der Waals surface area contributed by atoms with E-state index in [-0.39, 0.29) is 43.7 Å². The van der Waals surface area contributed by atoms with Crippen LogP contribution in [-0.2, 0) is 26.0 Å². The fourth-order valence-electron chi connectivity index (χ4n) is 3.91. The molecule has 12 heteroatoms. The number of hydrogen-bond acceptors (Lipinski definition) is 9. The van der Waals surface area contributed by atoms with Crippen molar-refractivity contribution in [3.8, 4) is 0 Å². The summed E-state index contributed by atoms with van der Waals surface area (Å²) in [5, 5.41) is 0.558. The number of amides is 1. The molecule has 0 aliphatic carbocycles. The van der Waals surface area contributed by atoms with Gasteiger partial charge in [0, 0.05) is 50.2 Å². The van der Waals surface area contributed by atoms with Crippen molar-refractivity contribution in [3.63, 3.8) is 0 Å². The van der Waals surface area contributed by atoms with Crippen LogP contribution in [0.5, 0.6) is 0 Å². The van der Waals surface area contributed by atoms with Crippen molar-refractivity contribution in [2.45, 2.75) is 16.3 Å². The highest BCUT2D eigenvalue weighted by atomic mass is 32.2. The number of thiazole rings is 1. The number of ether oxygens (including phenoxy) is 2. The molecule has 1 amide bonds. The van der Waals surface area contributed by atoms with Crippen LogP contribution in [0, 0.1) is 0 Å². The molecule has 9 nitrogen and oxygen atoms in total. The van der Waals surface area contributed by atoms with Crippen molar-refractivity contribution in [2.75, 3.05) is 51.7 Å². The number of benzene rings is 2. The van der Waals surface area contributed by atoms with E-state index in [9.17, 15) is 13.2 Å². The molecule has 0 aliphatic rings. The van der Waals surface area contributed by atoms with Crippen LogP contribution in [0.15, 0.2) is 76.8 Å². The Labute approximate surface area is 236 Å². The molecule has 4 rings (SSSR count). The van der Waals surface area contributed by atoms with E-state index in [0.717, 1.165) is 20.7 Å². The molecule has 206 valence electrons. The molecular weight excluding hydrogens is 557 g/mol. The van der Waals surface area contributed by atoms with Crippen molar-refractivity contribution < 1.29 is 22.7 Å². The Kier molecular flexibility index (Phi) is 10.1. The van der Waals surface area contributed by atoms with Crippen LogP contribution in [-0.4, -0.2) is 75.4 Å². The first-order chi connectivity index (χ1) is 18.9. The van der Waals surface area contributed by atoms with Gasteiger partial charge in [-0.15, -0.1) is 11.8 Å². The van der Waals surface area contributed by atoms with E-state index in [0.29, 0.717) is 10.7 Å². The van der Waals surface area contributed by atoms with Gasteiger partial charge in [-0.3, -0.25) is 14.7 Å². The molecule has 0 saturated carbocycles. The molecule has 2 heterocycles. The normalized spacial score (nSPS) is 11.8. The summed E-state index contributed by atoms with van der Waals surface area (Å²) in [6.45, 7) is 1.16. The maximum Gasteiger partial charge on any atom is 0.260 e. The molecule has 0 radical (unpaired) electrons. The van der Waals surface area contributed by atoms with Crippen LogP contribution in [0.4, 0.5) is 5.13 Å². The van der Waals surface area contributed by atoms with E-state index in [4.69, 9.17) is 14.5 Å². The molecule has 2 aromatic carbocycles. The minimum absolute atomic E-state index is 0.0923. The zero-order valence-electron chi connectivity index (χ0n) is 21.9. The minimum Gasteiger partial charge on any atom is -0.383 e. The third kappa shape index (κ3) is 6.83. The Morgan fingerprint density at radius 1 is 1.00 bits per heavy atom. The number of anilines is 1. The highest BCUT2D eigenvalue weighted by Crippen LogP contribution is 2.35. The predicted molar refractivity (Wildman–Crippen MR) is 155 cm³/mol. The zero-order chi connectivity index (χ0) is 27.8. The van der Waals surface area contributed by atoms with Gasteiger partial charge in [0.2, 0.25) is 10.0 Å². The molecule has 0 aliphatic heterocycles. The van der Waals surface area contributed by atoms with E-state index in [2.05, 4.69) is 4.98 Å². The second-order valence-corrected chi connectivity index (χ2v) is 12.3. The van der Waals surface area contributed by atoms with E-state index in [1.54, 1.807) is 29.1 Å². The van der Waals surface area contributed by atoms with Crippen molar-refractivity contribution in [1.82, 2.24) is 14.3 Å². The molecule has 39 heavy (non-hydrogen) atoms. The summed E-state index contributed by atoms with van der Waals surface area (Å²) >= 11 is 3.04. The van der Waals surface area contributed by atoms with E-state index in [1.807, 2.05) is 36.6 Å². The lowest BCUT2D eigenvalue weighted by Crippen LogP contribution is -2.36. The number of methoxy groups -OCH3 is 2. The van der Waals surface area contributed by atoms with Crippen molar-refractivity contribution >= 4 is 54.4 Å². The van der Waals surface area contributed by atoms with Crippen LogP contribution in [0.3, 0.4) is 0 Å². The minimum atomic E-state index is -3.81. The van der Waals surface area contributed by atoms with Gasteiger partial charge < -0.3 is 9.47 Å². The van der Waals surface area contributed by atoms with E-state index in [1.165, 1.54) is 54.1 Å². The maximum absolute atomic E-state index is 13.8. The maximum atomic E-state index is 13.8. The molecule has 4 aromatic rings. The van der Waals surface area contributed by atoms with Gasteiger partial charge in [0.15, 0.2) is 5.13 Å². The Hall–Kier alpha value is -2.87. The van der Waals surface area contributed by atoms with Crippen molar-refractivity contribution in [2.24, 2.45) is 0 Å². The summed E-state index contributed by atoms with van der Waals surface area (Å²) in [5.74, 6) is -0.289. The monoisotopic (exact) mass is 586 g/mol. The molecule has 0 atom stereocenters. The Morgan fingerprint density at radius 3 is 2.33 bits per heavy atom. The third-order valence-electron chi connectivity index (χ3n) is 5.96. The number of nitrogens with zero attached hydrogens (tertiary/aromatic N) is 4. The standard InChI is InChI=1S/C27H30N4O5S3/c1-35-16-14-30(15-17-36-2)39(33,34)22-11-9-21(10-12-22)26(32)31(19-20-6-5-13-28-18-20)27-29-25-23(37-3)7-4-8-24(25)38-27/h4-13,18H,14-17,19H2,1-3H3. The quantitative estimate of drug-likeness (QED) is 0.211. The highest BCUT2D eigenvalue weighted by molar-refractivity contribution is 7.98. The Balaban J connectivity index is 1.66. The van der Waals surface area contributed by atoms with Crippen LogP contribution in [0.25, 0.3) is 10.2 Å².